The lowest BCUT2D eigenvalue weighted by Gasteiger charge is -2.22. The van der Waals surface area contributed by atoms with Crippen LogP contribution in [-0.2, 0) is 0 Å². The van der Waals surface area contributed by atoms with E-state index in [-0.39, 0.29) is 33.1 Å². The fourth-order valence-corrected chi connectivity index (χ4v) is 4.81. The van der Waals surface area contributed by atoms with Crippen molar-refractivity contribution in [3.63, 3.8) is 0 Å². The highest BCUT2D eigenvalue weighted by Gasteiger charge is 2.23. The number of fused-ring (bicyclic) bond motifs is 1. The first-order chi connectivity index (χ1) is 16.4. The van der Waals surface area contributed by atoms with Crippen LogP contribution in [0.3, 0.4) is 0 Å². The Morgan fingerprint density at radius 3 is 2.62 bits per heavy atom. The van der Waals surface area contributed by atoms with E-state index in [4.69, 9.17) is 0 Å². The molecule has 4 aromatic rings. The monoisotopic (exact) mass is 484 g/mol. The van der Waals surface area contributed by atoms with Gasteiger partial charge in [0, 0.05) is 11.6 Å². The number of halogens is 2. The zero-order valence-electron chi connectivity index (χ0n) is 17.7. The van der Waals surface area contributed by atoms with E-state index in [1.54, 1.807) is 10.9 Å². The van der Waals surface area contributed by atoms with E-state index >= 15 is 0 Å². The number of thiophene rings is 1. The number of carbonyl (C=O) groups is 1. The summed E-state index contributed by atoms with van der Waals surface area (Å²) < 4.78 is 29.2. The van der Waals surface area contributed by atoms with Gasteiger partial charge in [0.15, 0.2) is 23.1 Å². The topological polar surface area (TPSA) is 116 Å². The Morgan fingerprint density at radius 2 is 1.91 bits per heavy atom. The van der Waals surface area contributed by atoms with E-state index in [0.717, 1.165) is 55.6 Å². The summed E-state index contributed by atoms with van der Waals surface area (Å²) in [5, 5.41) is 18.5. The summed E-state index contributed by atoms with van der Waals surface area (Å²) in [5.74, 6) is -2.40. The molecule has 1 aliphatic carbocycles. The van der Waals surface area contributed by atoms with Crippen LogP contribution < -0.4 is 5.32 Å². The van der Waals surface area contributed by atoms with Crippen LogP contribution in [0.1, 0.15) is 47.8 Å². The summed E-state index contributed by atoms with van der Waals surface area (Å²) in [4.78, 5) is 32.3. The second-order valence-corrected chi connectivity index (χ2v) is 9.05. The molecule has 1 fully saturated rings. The van der Waals surface area contributed by atoms with Crippen LogP contribution in [-0.4, -0.2) is 30.6 Å². The molecular weight excluding hydrogens is 466 g/mol. The van der Waals surface area contributed by atoms with E-state index in [9.17, 15) is 23.7 Å². The van der Waals surface area contributed by atoms with Gasteiger partial charge in [-0.2, -0.15) is 5.10 Å². The summed E-state index contributed by atoms with van der Waals surface area (Å²) in [6, 6.07) is 6.07. The number of aromatic nitrogens is 4. The lowest BCUT2D eigenvalue weighted by Crippen LogP contribution is -2.16. The smallest absolute Gasteiger partial charge is 0.305 e. The Kier molecular flexibility index (Phi) is 5.74. The molecule has 1 saturated carbocycles. The van der Waals surface area contributed by atoms with Crippen molar-refractivity contribution in [2.24, 2.45) is 0 Å². The molecule has 0 unspecified atom stereocenters. The van der Waals surface area contributed by atoms with Crippen molar-refractivity contribution in [2.75, 3.05) is 5.32 Å². The van der Waals surface area contributed by atoms with Crippen LogP contribution in [0.15, 0.2) is 36.5 Å². The Morgan fingerprint density at radius 1 is 1.12 bits per heavy atom. The molecule has 0 spiro atoms. The van der Waals surface area contributed by atoms with Crippen LogP contribution in [0.4, 0.5) is 19.6 Å². The van der Waals surface area contributed by atoms with E-state index in [1.807, 2.05) is 0 Å². The SMILES string of the molecule is O=C(Nc1nc(-c2ccc(F)c(F)c2)nc2c1cnn2C1CCCCC1)c1ccc([N+](=O)[O-])s1. The summed E-state index contributed by atoms with van der Waals surface area (Å²) in [6.07, 6.45) is 6.70. The van der Waals surface area contributed by atoms with E-state index in [1.165, 1.54) is 18.2 Å². The van der Waals surface area contributed by atoms with Gasteiger partial charge in [-0.25, -0.2) is 23.4 Å². The van der Waals surface area contributed by atoms with Crippen LogP contribution in [0.5, 0.6) is 0 Å². The van der Waals surface area contributed by atoms with Gasteiger partial charge >= 0.3 is 5.00 Å². The zero-order chi connectivity index (χ0) is 23.8. The third-order valence-electron chi connectivity index (χ3n) is 5.78. The first kappa shape index (κ1) is 22.0. The number of nitrogens with zero attached hydrogens (tertiary/aromatic N) is 5. The molecular formula is C22H18F2N6O3S. The quantitative estimate of drug-likeness (QED) is 0.295. The molecule has 0 bridgehead atoms. The summed E-state index contributed by atoms with van der Waals surface area (Å²) in [6.45, 7) is 0. The molecule has 0 radical (unpaired) electrons. The number of nitro groups is 1. The van der Waals surface area contributed by atoms with E-state index in [0.29, 0.717) is 11.0 Å². The lowest BCUT2D eigenvalue weighted by atomic mass is 9.96. The maximum Gasteiger partial charge on any atom is 0.324 e. The minimum Gasteiger partial charge on any atom is -0.305 e. The van der Waals surface area contributed by atoms with Crippen LogP contribution in [0.25, 0.3) is 22.4 Å². The molecule has 9 nitrogen and oxygen atoms in total. The number of nitrogens with one attached hydrogen (secondary N) is 1. The van der Waals surface area contributed by atoms with Crippen molar-refractivity contribution in [3.8, 4) is 11.4 Å². The van der Waals surface area contributed by atoms with Crippen LogP contribution >= 0.6 is 11.3 Å². The summed E-state index contributed by atoms with van der Waals surface area (Å²) >= 11 is 0.739. The lowest BCUT2D eigenvalue weighted by molar-refractivity contribution is -0.380. The molecule has 5 rings (SSSR count). The molecule has 12 heteroatoms. The van der Waals surface area contributed by atoms with Gasteiger partial charge in [0.1, 0.15) is 5.82 Å². The molecule has 3 aromatic heterocycles. The second-order valence-electron chi connectivity index (χ2n) is 7.99. The number of amides is 1. The normalized spacial score (nSPS) is 14.4. The third kappa shape index (κ3) is 4.12. The van der Waals surface area contributed by atoms with Gasteiger partial charge in [0.05, 0.1) is 27.4 Å². The minimum atomic E-state index is -1.04. The fraction of sp³-hybridized carbons (Fsp3) is 0.273. The highest BCUT2D eigenvalue weighted by atomic mass is 32.1. The molecule has 1 N–H and O–H groups in total. The number of benzene rings is 1. The average molecular weight is 484 g/mol. The Bertz CT molecular complexity index is 1410. The first-order valence-corrected chi connectivity index (χ1v) is 11.5. The second kappa shape index (κ2) is 8.86. The number of rotatable bonds is 5. The molecule has 0 aliphatic heterocycles. The summed E-state index contributed by atoms with van der Waals surface area (Å²) in [7, 11) is 0. The molecule has 1 aliphatic rings. The van der Waals surface area contributed by atoms with Crippen molar-refractivity contribution in [2.45, 2.75) is 38.1 Å². The highest BCUT2D eigenvalue weighted by molar-refractivity contribution is 7.17. The zero-order valence-corrected chi connectivity index (χ0v) is 18.5. The summed E-state index contributed by atoms with van der Waals surface area (Å²) in [5.41, 5.74) is 0.702. The predicted octanol–water partition coefficient (Wildman–Crippen LogP) is 5.50. The highest BCUT2D eigenvalue weighted by Crippen LogP contribution is 2.33. The first-order valence-electron chi connectivity index (χ1n) is 10.7. The molecule has 3 heterocycles. The predicted molar refractivity (Wildman–Crippen MR) is 122 cm³/mol. The van der Waals surface area contributed by atoms with Crippen LogP contribution in [0.2, 0.25) is 0 Å². The number of carbonyl (C=O) groups excluding carboxylic acids is 1. The van der Waals surface area contributed by atoms with Crippen molar-refractivity contribution in [1.82, 2.24) is 19.7 Å². The van der Waals surface area contributed by atoms with Crippen molar-refractivity contribution in [1.29, 1.82) is 0 Å². The van der Waals surface area contributed by atoms with Gasteiger partial charge in [-0.15, -0.1) is 0 Å². The Labute approximate surface area is 195 Å². The van der Waals surface area contributed by atoms with Gasteiger partial charge in [-0.1, -0.05) is 30.6 Å². The van der Waals surface area contributed by atoms with E-state index < -0.39 is 22.5 Å². The van der Waals surface area contributed by atoms with Gasteiger partial charge in [0.25, 0.3) is 5.91 Å². The number of anilines is 1. The van der Waals surface area contributed by atoms with Crippen molar-refractivity contribution < 1.29 is 18.5 Å². The minimum absolute atomic E-state index is 0.0939. The maximum absolute atomic E-state index is 13.9. The Balaban J connectivity index is 1.60. The number of hydrogen-bond acceptors (Lipinski definition) is 7. The molecule has 34 heavy (non-hydrogen) atoms. The van der Waals surface area contributed by atoms with Gasteiger partial charge in [0.2, 0.25) is 0 Å². The Hall–Kier alpha value is -3.80. The fourth-order valence-electron chi connectivity index (χ4n) is 4.10. The van der Waals surface area contributed by atoms with Gasteiger partial charge in [-0.05, 0) is 37.1 Å². The average Bonchev–Trinajstić information content (AvgIpc) is 3.49. The van der Waals surface area contributed by atoms with Gasteiger partial charge in [-0.3, -0.25) is 14.9 Å². The van der Waals surface area contributed by atoms with Gasteiger partial charge < -0.3 is 5.32 Å². The standard InChI is InChI=1S/C22H18F2N6O3S/c23-15-7-6-12(10-16(15)24)19-26-20(28-22(31)17-8-9-18(34-17)30(32)33)14-11-25-29(21(14)27-19)13-4-2-1-3-5-13/h6-11,13H,1-5H2,(H,26,27,28,31). The molecule has 0 atom stereocenters. The molecule has 1 amide bonds. The molecule has 1 aromatic carbocycles. The van der Waals surface area contributed by atoms with Crippen LogP contribution in [0, 0.1) is 21.7 Å². The van der Waals surface area contributed by atoms with Crippen molar-refractivity contribution >= 4 is 39.1 Å². The largest absolute Gasteiger partial charge is 0.324 e. The van der Waals surface area contributed by atoms with Crippen molar-refractivity contribution in [3.05, 3.63) is 63.2 Å². The number of hydrogen-bond donors (Lipinski definition) is 1. The third-order valence-corrected chi connectivity index (χ3v) is 6.82. The van der Waals surface area contributed by atoms with E-state index in [2.05, 4.69) is 20.4 Å². The molecule has 0 saturated heterocycles. The molecule has 174 valence electrons. The maximum atomic E-state index is 13.9.